The number of hydrogen-bond acceptors (Lipinski definition) is 10. The lowest BCUT2D eigenvalue weighted by atomic mass is 9.98. The fourth-order valence-electron chi connectivity index (χ4n) is 12.0. The van der Waals surface area contributed by atoms with Crippen LogP contribution in [0.3, 0.4) is 0 Å². The van der Waals surface area contributed by atoms with Crippen LogP contribution in [0.15, 0.2) is 36.5 Å². The summed E-state index contributed by atoms with van der Waals surface area (Å²) >= 11 is 0. The van der Waals surface area contributed by atoms with Crippen LogP contribution in [0.2, 0.25) is 0 Å². The summed E-state index contributed by atoms with van der Waals surface area (Å²) in [4.78, 5) is 13.3. The van der Waals surface area contributed by atoms with Crippen LogP contribution in [0, 0.1) is 0 Å². The number of nitrogens with one attached hydrogen (secondary N) is 1. The van der Waals surface area contributed by atoms with Gasteiger partial charge in [-0.3, -0.25) is 4.79 Å². The number of ether oxygens (including phenoxy) is 2. The molecule has 0 radical (unpaired) electrons. The predicted octanol–water partition coefficient (Wildman–Crippen LogP) is 18.1. The first-order valence-corrected chi connectivity index (χ1v) is 36.9. The minimum Gasteiger partial charge on any atom is -0.394 e. The normalized spacial score (nSPS) is 19.0. The minimum absolute atomic E-state index is 0.248. The molecule has 85 heavy (non-hydrogen) atoms. The molecule has 0 aromatic carbocycles. The smallest absolute Gasteiger partial charge is 0.249 e. The maximum absolute atomic E-state index is 13.3. The summed E-state index contributed by atoms with van der Waals surface area (Å²) in [5, 5.41) is 76.5. The second kappa shape index (κ2) is 62.5. The molecule has 1 rings (SSSR count). The van der Waals surface area contributed by atoms with Crippen molar-refractivity contribution >= 4 is 5.91 Å². The van der Waals surface area contributed by atoms with E-state index in [1.165, 1.54) is 276 Å². The Morgan fingerprint density at radius 2 is 0.706 bits per heavy atom. The van der Waals surface area contributed by atoms with E-state index in [1.54, 1.807) is 0 Å². The zero-order valence-electron chi connectivity index (χ0n) is 55.6. The Morgan fingerprint density at radius 3 is 1.05 bits per heavy atom. The van der Waals surface area contributed by atoms with Crippen molar-refractivity contribution < 1.29 is 50.0 Å². The van der Waals surface area contributed by atoms with E-state index >= 15 is 0 Å². The van der Waals surface area contributed by atoms with E-state index in [4.69, 9.17) is 9.47 Å². The number of allylic oxidation sites excluding steroid dienone is 6. The van der Waals surface area contributed by atoms with Crippen molar-refractivity contribution in [1.82, 2.24) is 5.32 Å². The number of aliphatic hydroxyl groups is 7. The minimum atomic E-state index is -1.67. The molecule has 0 aliphatic carbocycles. The molecule has 1 aliphatic rings. The van der Waals surface area contributed by atoms with E-state index in [0.29, 0.717) is 19.3 Å². The Morgan fingerprint density at radius 1 is 0.400 bits per heavy atom. The van der Waals surface area contributed by atoms with E-state index in [9.17, 15) is 40.5 Å². The molecule has 1 amide bonds. The van der Waals surface area contributed by atoms with Gasteiger partial charge < -0.3 is 50.5 Å². The number of amides is 1. The average Bonchev–Trinajstić information content (AvgIpc) is 3.51. The van der Waals surface area contributed by atoms with Crippen LogP contribution >= 0.6 is 0 Å². The molecule has 0 bridgehead atoms. The number of carbonyl (C=O) groups is 1. The van der Waals surface area contributed by atoms with Gasteiger partial charge in [0.25, 0.3) is 0 Å². The summed E-state index contributed by atoms with van der Waals surface area (Å²) in [6.07, 6.45) is 69.6. The molecule has 0 spiro atoms. The van der Waals surface area contributed by atoms with Gasteiger partial charge in [0.2, 0.25) is 5.91 Å². The highest BCUT2D eigenvalue weighted by Gasteiger charge is 2.44. The molecule has 1 saturated heterocycles. The largest absolute Gasteiger partial charge is 0.394 e. The number of aliphatic hydroxyl groups excluding tert-OH is 7. The van der Waals surface area contributed by atoms with Crippen LogP contribution in [0.4, 0.5) is 0 Å². The van der Waals surface area contributed by atoms with E-state index in [1.807, 2.05) is 0 Å². The van der Waals surface area contributed by atoms with Crippen molar-refractivity contribution in [3.8, 4) is 0 Å². The molecule has 502 valence electrons. The second-order valence-corrected chi connectivity index (χ2v) is 26.0. The van der Waals surface area contributed by atoms with Crippen molar-refractivity contribution in [1.29, 1.82) is 0 Å². The number of carbonyl (C=O) groups excluding carboxylic acids is 1. The standard InChI is InChI=1S/C74H141NO10/c1-3-5-7-9-11-13-15-17-19-21-23-25-27-29-31-32-33-34-35-36-38-40-42-44-46-48-50-52-54-56-58-60-62-67(78)73(83)75-65(64-84-74-72(82)71(81)70(80)68(63-76)85-74)69(79)66(77)61-59-57-55-53-51-49-47-45-43-41-39-37-30-28-26-24-22-20-18-16-14-12-10-8-6-4-2/h29,31,45,47,53,55,65-72,74,76-82H,3-28,30,32-44,46,48-52,54,56-64H2,1-2H3,(H,75,83)/b31-29-,47-45+,55-53+. The van der Waals surface area contributed by atoms with Gasteiger partial charge in [-0.1, -0.05) is 320 Å². The van der Waals surface area contributed by atoms with Crippen LogP contribution in [0.1, 0.15) is 361 Å². The first kappa shape index (κ1) is 81.3. The van der Waals surface area contributed by atoms with E-state index in [2.05, 4.69) is 55.6 Å². The number of hydrogen-bond donors (Lipinski definition) is 8. The Hall–Kier alpha value is -1.67. The van der Waals surface area contributed by atoms with Crippen molar-refractivity contribution in [3.63, 3.8) is 0 Å². The Balaban J connectivity index is 2.19. The summed E-state index contributed by atoms with van der Waals surface area (Å²) in [5.74, 6) is -0.704. The van der Waals surface area contributed by atoms with Gasteiger partial charge in [-0.05, 0) is 77.0 Å². The Kier molecular flexibility index (Phi) is 59.8. The van der Waals surface area contributed by atoms with Crippen molar-refractivity contribution in [3.05, 3.63) is 36.5 Å². The third-order valence-corrected chi connectivity index (χ3v) is 17.9. The molecule has 1 fully saturated rings. The molecule has 9 atom stereocenters. The highest BCUT2D eigenvalue weighted by Crippen LogP contribution is 2.24. The van der Waals surface area contributed by atoms with Gasteiger partial charge in [-0.2, -0.15) is 0 Å². The quantitative estimate of drug-likeness (QED) is 0.0215. The highest BCUT2D eigenvalue weighted by atomic mass is 16.7. The SMILES string of the molecule is CCCCCCCCCCCCCC/C=C\CCCCCCCCCCCCCCCCCCC(O)C(=O)NC(COC1OC(CO)C(O)C(O)C1O)C(O)C(O)CCC/C=C/CC/C=C/CCCCCCCCCCCCCCCCCCC. The van der Waals surface area contributed by atoms with Gasteiger partial charge in [0, 0.05) is 0 Å². The molecule has 0 aromatic rings. The van der Waals surface area contributed by atoms with Gasteiger partial charge >= 0.3 is 0 Å². The van der Waals surface area contributed by atoms with Gasteiger partial charge in [0.1, 0.15) is 36.6 Å². The first-order chi connectivity index (χ1) is 41.7. The van der Waals surface area contributed by atoms with Crippen LogP contribution in [-0.2, 0) is 14.3 Å². The molecule has 0 saturated carbocycles. The fraction of sp³-hybridized carbons (Fsp3) is 0.905. The summed E-state index contributed by atoms with van der Waals surface area (Å²) in [6.45, 7) is 3.50. The molecule has 1 aliphatic heterocycles. The van der Waals surface area contributed by atoms with E-state index in [0.717, 1.165) is 38.5 Å². The summed E-state index contributed by atoms with van der Waals surface area (Å²) in [6, 6.07) is -1.19. The third-order valence-electron chi connectivity index (χ3n) is 17.9. The zero-order valence-corrected chi connectivity index (χ0v) is 55.6. The molecule has 8 N–H and O–H groups in total. The van der Waals surface area contributed by atoms with E-state index in [-0.39, 0.29) is 12.8 Å². The van der Waals surface area contributed by atoms with Crippen LogP contribution in [0.25, 0.3) is 0 Å². The molecule has 9 unspecified atom stereocenters. The fourth-order valence-corrected chi connectivity index (χ4v) is 12.0. The van der Waals surface area contributed by atoms with Gasteiger partial charge in [0.15, 0.2) is 6.29 Å². The molecule has 11 nitrogen and oxygen atoms in total. The Labute approximate surface area is 524 Å². The maximum Gasteiger partial charge on any atom is 0.249 e. The van der Waals surface area contributed by atoms with Crippen LogP contribution < -0.4 is 5.32 Å². The lowest BCUT2D eigenvalue weighted by Gasteiger charge is -2.40. The lowest BCUT2D eigenvalue weighted by Crippen LogP contribution is -2.60. The third kappa shape index (κ3) is 49.8. The second-order valence-electron chi connectivity index (χ2n) is 26.0. The summed E-state index contributed by atoms with van der Waals surface area (Å²) < 4.78 is 11.2. The van der Waals surface area contributed by atoms with Crippen LogP contribution in [0.5, 0.6) is 0 Å². The molecular weight excluding hydrogens is 1060 g/mol. The van der Waals surface area contributed by atoms with Crippen molar-refractivity contribution in [2.45, 2.75) is 416 Å². The van der Waals surface area contributed by atoms with Crippen LogP contribution in [-0.4, -0.2) is 110 Å². The Bertz CT molecular complexity index is 1480. The lowest BCUT2D eigenvalue weighted by molar-refractivity contribution is -0.303. The van der Waals surface area contributed by atoms with E-state index < -0.39 is 74.2 Å². The van der Waals surface area contributed by atoms with Gasteiger partial charge in [-0.15, -0.1) is 0 Å². The highest BCUT2D eigenvalue weighted by molar-refractivity contribution is 5.80. The first-order valence-electron chi connectivity index (χ1n) is 36.9. The topological polar surface area (TPSA) is 189 Å². The average molecular weight is 1200 g/mol. The summed E-state index contributed by atoms with van der Waals surface area (Å²) in [5.41, 5.74) is 0. The number of rotatable bonds is 65. The maximum atomic E-state index is 13.3. The number of unbranched alkanes of at least 4 members (excludes halogenated alkanes) is 47. The van der Waals surface area contributed by atoms with Gasteiger partial charge in [-0.25, -0.2) is 0 Å². The molecular formula is C74H141NO10. The molecule has 1 heterocycles. The van der Waals surface area contributed by atoms with Crippen molar-refractivity contribution in [2.75, 3.05) is 13.2 Å². The predicted molar refractivity (Wildman–Crippen MR) is 358 cm³/mol. The summed E-state index contributed by atoms with van der Waals surface area (Å²) in [7, 11) is 0. The van der Waals surface area contributed by atoms with Gasteiger partial charge in [0.05, 0.1) is 25.4 Å². The molecule has 0 aromatic heterocycles. The van der Waals surface area contributed by atoms with Crippen molar-refractivity contribution in [2.24, 2.45) is 0 Å². The molecule has 11 heteroatoms. The monoisotopic (exact) mass is 1200 g/mol. The zero-order chi connectivity index (χ0) is 61.7.